The molecule has 2 aromatic carbocycles. The highest BCUT2D eigenvalue weighted by Gasteiger charge is 2.21. The fourth-order valence-corrected chi connectivity index (χ4v) is 4.68. The summed E-state index contributed by atoms with van der Waals surface area (Å²) in [7, 11) is 0. The second-order valence-electron chi connectivity index (χ2n) is 6.50. The van der Waals surface area contributed by atoms with E-state index in [0.29, 0.717) is 28.8 Å². The third kappa shape index (κ3) is 4.34. The summed E-state index contributed by atoms with van der Waals surface area (Å²) in [5.41, 5.74) is 4.84. The number of nitro benzene ring substituents is 1. The lowest BCUT2D eigenvalue weighted by atomic mass is 10.1. The maximum absolute atomic E-state index is 11.2. The number of nitrogens with one attached hydrogen (secondary N) is 1. The molecule has 0 saturated heterocycles. The molecular formula is C19H18N4O4S2. The molecule has 8 nitrogen and oxygen atoms in total. The summed E-state index contributed by atoms with van der Waals surface area (Å²) in [6, 6.07) is 9.11. The third-order valence-electron chi connectivity index (χ3n) is 4.59. The Kier molecular flexibility index (Phi) is 5.65. The molecule has 0 aliphatic carbocycles. The van der Waals surface area contributed by atoms with Gasteiger partial charge < -0.3 is 14.8 Å². The number of ether oxygens (including phenoxy) is 2. The molecule has 0 atom stereocenters. The number of non-ortho nitro benzene ring substituents is 1. The van der Waals surface area contributed by atoms with Crippen LogP contribution in [0, 0.1) is 24.0 Å². The molecule has 0 fully saturated rings. The Hall–Kier alpha value is -2.69. The van der Waals surface area contributed by atoms with Crippen molar-refractivity contribution in [3.05, 3.63) is 62.7 Å². The van der Waals surface area contributed by atoms with Gasteiger partial charge in [-0.25, -0.2) is 0 Å². The van der Waals surface area contributed by atoms with Gasteiger partial charge in [0.25, 0.3) is 5.69 Å². The summed E-state index contributed by atoms with van der Waals surface area (Å²) in [4.78, 5) is 10.8. The molecular weight excluding hydrogens is 412 g/mol. The van der Waals surface area contributed by atoms with E-state index >= 15 is 0 Å². The molecule has 2 heterocycles. The Morgan fingerprint density at radius 2 is 2.17 bits per heavy atom. The van der Waals surface area contributed by atoms with Crippen molar-refractivity contribution in [3.8, 4) is 5.75 Å². The second kappa shape index (κ2) is 8.36. The number of anilines is 2. The average molecular weight is 431 g/mol. The van der Waals surface area contributed by atoms with Crippen LogP contribution in [0.3, 0.4) is 0 Å². The Morgan fingerprint density at radius 3 is 3.00 bits per heavy atom. The Bertz CT molecular complexity index is 1070. The number of aryl methyl sites for hydroxylation is 1. The zero-order valence-corrected chi connectivity index (χ0v) is 17.4. The molecule has 0 unspecified atom stereocenters. The third-order valence-corrected chi connectivity index (χ3v) is 6.61. The Morgan fingerprint density at radius 1 is 1.31 bits per heavy atom. The second-order valence-corrected chi connectivity index (χ2v) is 8.70. The minimum atomic E-state index is -0.403. The number of thioether (sulfide) groups is 1. The van der Waals surface area contributed by atoms with Crippen molar-refractivity contribution in [2.75, 3.05) is 12.1 Å². The van der Waals surface area contributed by atoms with Gasteiger partial charge in [-0.3, -0.25) is 10.1 Å². The first-order chi connectivity index (χ1) is 14.0. The zero-order valence-electron chi connectivity index (χ0n) is 15.8. The molecule has 29 heavy (non-hydrogen) atoms. The van der Waals surface area contributed by atoms with Gasteiger partial charge >= 0.3 is 0 Å². The fourth-order valence-electron chi connectivity index (χ4n) is 2.95. The van der Waals surface area contributed by atoms with Gasteiger partial charge in [-0.15, -0.1) is 10.2 Å². The quantitative estimate of drug-likeness (QED) is 0.333. The van der Waals surface area contributed by atoms with Gasteiger partial charge in [0.2, 0.25) is 5.13 Å². The van der Waals surface area contributed by atoms with E-state index in [1.165, 1.54) is 40.3 Å². The van der Waals surface area contributed by atoms with E-state index in [0.717, 1.165) is 15.6 Å². The van der Waals surface area contributed by atoms with Crippen molar-refractivity contribution in [2.45, 2.75) is 30.5 Å². The number of nitrogens with zero attached hydrogens (tertiary/aromatic N) is 3. The molecule has 3 aromatic rings. The number of benzene rings is 2. The van der Waals surface area contributed by atoms with E-state index in [9.17, 15) is 10.1 Å². The van der Waals surface area contributed by atoms with E-state index in [1.54, 1.807) is 6.07 Å². The lowest BCUT2D eigenvalue weighted by Crippen LogP contribution is -2.13. The molecule has 1 N–H and O–H groups in total. The normalized spacial score (nSPS) is 12.9. The van der Waals surface area contributed by atoms with E-state index in [4.69, 9.17) is 9.47 Å². The summed E-state index contributed by atoms with van der Waals surface area (Å²) in [6.07, 6.45) is 0. The first kappa shape index (κ1) is 19.6. The first-order valence-corrected chi connectivity index (χ1v) is 10.6. The van der Waals surface area contributed by atoms with Crippen molar-refractivity contribution in [1.29, 1.82) is 0 Å². The van der Waals surface area contributed by atoms with Crippen LogP contribution >= 0.6 is 23.1 Å². The van der Waals surface area contributed by atoms with Crippen LogP contribution in [-0.2, 0) is 17.1 Å². The maximum atomic E-state index is 11.2. The van der Waals surface area contributed by atoms with Gasteiger partial charge in [0.15, 0.2) is 11.1 Å². The van der Waals surface area contributed by atoms with Crippen LogP contribution in [0.4, 0.5) is 16.5 Å². The first-order valence-electron chi connectivity index (χ1n) is 8.81. The molecule has 1 aliphatic heterocycles. The number of hydrogen-bond acceptors (Lipinski definition) is 9. The van der Waals surface area contributed by atoms with Crippen molar-refractivity contribution >= 4 is 39.6 Å². The number of nitro groups is 1. The molecule has 4 rings (SSSR count). The van der Waals surface area contributed by atoms with E-state index in [2.05, 4.69) is 35.4 Å². The minimum Gasteiger partial charge on any atom is -0.467 e. The van der Waals surface area contributed by atoms with E-state index in [-0.39, 0.29) is 12.5 Å². The van der Waals surface area contributed by atoms with Crippen LogP contribution in [-0.4, -0.2) is 21.9 Å². The SMILES string of the molecule is Cc1cccc(Nc2nnc(SCc3cc([N+](=O)[O-])cc4c3OCOC4)s2)c1C. The van der Waals surface area contributed by atoms with Gasteiger partial charge in [-0.05, 0) is 31.0 Å². The summed E-state index contributed by atoms with van der Waals surface area (Å²) in [5.74, 6) is 1.15. The predicted molar refractivity (Wildman–Crippen MR) is 112 cm³/mol. The van der Waals surface area contributed by atoms with Gasteiger partial charge in [0.05, 0.1) is 11.5 Å². The van der Waals surface area contributed by atoms with E-state index in [1.807, 2.05) is 12.1 Å². The van der Waals surface area contributed by atoms with Crippen LogP contribution in [0.15, 0.2) is 34.7 Å². The van der Waals surface area contributed by atoms with Crippen molar-refractivity contribution in [1.82, 2.24) is 10.2 Å². The highest BCUT2D eigenvalue weighted by Crippen LogP contribution is 2.37. The topological polar surface area (TPSA) is 99.4 Å². The van der Waals surface area contributed by atoms with Crippen LogP contribution in [0.2, 0.25) is 0 Å². The molecule has 0 radical (unpaired) electrons. The summed E-state index contributed by atoms with van der Waals surface area (Å²) in [5, 5.41) is 23.7. The highest BCUT2D eigenvalue weighted by atomic mass is 32.2. The standard InChI is InChI=1S/C19H18N4O4S2/c1-11-4-3-5-16(12(11)2)20-18-21-22-19(29-18)28-9-14-7-15(23(24)25)6-13-8-26-10-27-17(13)14/h3-7H,8-10H2,1-2H3,(H,20,21). The molecule has 0 amide bonds. The minimum absolute atomic E-state index is 0.0305. The van der Waals surface area contributed by atoms with Crippen LogP contribution in [0.1, 0.15) is 22.3 Å². The van der Waals surface area contributed by atoms with Crippen molar-refractivity contribution < 1.29 is 14.4 Å². The summed E-state index contributed by atoms with van der Waals surface area (Å²) < 4.78 is 11.6. The van der Waals surface area contributed by atoms with Crippen molar-refractivity contribution in [2.24, 2.45) is 0 Å². The fraction of sp³-hybridized carbons (Fsp3) is 0.263. The van der Waals surface area contributed by atoms with Crippen LogP contribution < -0.4 is 10.1 Å². The van der Waals surface area contributed by atoms with Gasteiger partial charge in [-0.2, -0.15) is 0 Å². The molecule has 150 valence electrons. The van der Waals surface area contributed by atoms with Crippen LogP contribution in [0.25, 0.3) is 0 Å². The maximum Gasteiger partial charge on any atom is 0.270 e. The van der Waals surface area contributed by atoms with Crippen molar-refractivity contribution in [3.63, 3.8) is 0 Å². The highest BCUT2D eigenvalue weighted by molar-refractivity contribution is 8.00. The number of hydrogen-bond donors (Lipinski definition) is 1. The summed E-state index contributed by atoms with van der Waals surface area (Å²) in [6.45, 7) is 4.57. The van der Waals surface area contributed by atoms with Gasteiger partial charge in [0.1, 0.15) is 5.75 Å². The number of rotatable bonds is 6. The predicted octanol–water partition coefficient (Wildman–Crippen LogP) is 4.97. The molecule has 1 aromatic heterocycles. The molecule has 0 bridgehead atoms. The average Bonchev–Trinajstić information content (AvgIpc) is 3.16. The van der Waals surface area contributed by atoms with Gasteiger partial charge in [-0.1, -0.05) is 35.2 Å². The smallest absolute Gasteiger partial charge is 0.270 e. The Balaban J connectivity index is 1.49. The van der Waals surface area contributed by atoms with E-state index < -0.39 is 4.92 Å². The summed E-state index contributed by atoms with van der Waals surface area (Å²) >= 11 is 2.91. The molecule has 0 saturated carbocycles. The lowest BCUT2D eigenvalue weighted by Gasteiger charge is -2.20. The zero-order chi connectivity index (χ0) is 20.4. The Labute approximate surface area is 175 Å². The molecule has 0 spiro atoms. The van der Waals surface area contributed by atoms with Crippen LogP contribution in [0.5, 0.6) is 5.75 Å². The monoisotopic (exact) mass is 430 g/mol. The number of fused-ring (bicyclic) bond motifs is 1. The van der Waals surface area contributed by atoms with Gasteiger partial charge in [0, 0.05) is 34.7 Å². The number of aromatic nitrogens is 2. The largest absolute Gasteiger partial charge is 0.467 e. The molecule has 1 aliphatic rings. The molecule has 10 heteroatoms. The lowest BCUT2D eigenvalue weighted by molar-refractivity contribution is -0.385.